The number of halogens is 1. The summed E-state index contributed by atoms with van der Waals surface area (Å²) in [6, 6.07) is 9.27. The van der Waals surface area contributed by atoms with Crippen LogP contribution in [-0.4, -0.2) is 58.8 Å². The van der Waals surface area contributed by atoms with E-state index >= 15 is 0 Å². The fraction of sp³-hybridized carbons (Fsp3) is 0.200. The minimum absolute atomic E-state index is 0.0196. The van der Waals surface area contributed by atoms with Gasteiger partial charge in [0, 0.05) is 25.2 Å². The van der Waals surface area contributed by atoms with Crippen molar-refractivity contribution in [2.24, 2.45) is 0 Å². The lowest BCUT2D eigenvalue weighted by molar-refractivity contribution is 0.415. The second-order valence-corrected chi connectivity index (χ2v) is 9.32. The van der Waals surface area contributed by atoms with Crippen molar-refractivity contribution in [3.05, 3.63) is 59.9 Å². The summed E-state index contributed by atoms with van der Waals surface area (Å²) in [6.45, 7) is 0.740. The van der Waals surface area contributed by atoms with Gasteiger partial charge < -0.3 is 9.52 Å². The third-order valence-electron chi connectivity index (χ3n) is 5.22. The van der Waals surface area contributed by atoms with Gasteiger partial charge in [0.15, 0.2) is 17.3 Å². The number of anilines is 1. The Balaban J connectivity index is 1.59. The number of likely N-dealkylation sites (N-methyl/N-ethyl adjacent to an activating group) is 1. The molecule has 0 radical (unpaired) electrons. The Kier molecular flexibility index (Phi) is 4.93. The zero-order valence-electron chi connectivity index (χ0n) is 16.9. The molecular weight excluding hydrogens is 439 g/mol. The standard InChI is InChI=1S/C20H19FN6O4S/c1-26-9-10-27(32(26,29)30)19-14-3-2-8-22-16(14)18(28)17(23-19)20-25-24-15(31-20)11-12-4-6-13(21)7-5-12/h2-8,28-30H,9-11H2,1H3. The summed E-state index contributed by atoms with van der Waals surface area (Å²) in [5, 5.41) is 19.3. The van der Waals surface area contributed by atoms with Gasteiger partial charge in [-0.15, -0.1) is 10.2 Å². The van der Waals surface area contributed by atoms with E-state index in [0.717, 1.165) is 5.56 Å². The van der Waals surface area contributed by atoms with Crippen LogP contribution >= 0.6 is 11.0 Å². The van der Waals surface area contributed by atoms with E-state index < -0.39 is 11.0 Å². The molecule has 1 aliphatic rings. The summed E-state index contributed by atoms with van der Waals surface area (Å²) in [5.41, 5.74) is 0.970. The molecule has 4 heterocycles. The summed E-state index contributed by atoms with van der Waals surface area (Å²) in [7, 11) is -1.66. The molecular formula is C20H19FN6O4S. The normalized spacial score (nSPS) is 17.2. The summed E-state index contributed by atoms with van der Waals surface area (Å²) in [4.78, 5) is 8.72. The molecule has 1 fully saturated rings. The molecule has 10 nitrogen and oxygen atoms in total. The highest BCUT2D eigenvalue weighted by Gasteiger charge is 2.37. The highest BCUT2D eigenvalue weighted by atomic mass is 32.3. The van der Waals surface area contributed by atoms with Gasteiger partial charge in [-0.25, -0.2) is 13.7 Å². The van der Waals surface area contributed by atoms with Crippen molar-refractivity contribution in [1.29, 1.82) is 0 Å². The lowest BCUT2D eigenvalue weighted by Gasteiger charge is -2.41. The molecule has 0 spiro atoms. The number of hydrogen-bond donors (Lipinski definition) is 3. The molecule has 32 heavy (non-hydrogen) atoms. The van der Waals surface area contributed by atoms with Crippen molar-refractivity contribution in [2.75, 3.05) is 24.4 Å². The Morgan fingerprint density at radius 1 is 1.12 bits per heavy atom. The van der Waals surface area contributed by atoms with Crippen molar-refractivity contribution in [3.63, 3.8) is 0 Å². The maximum absolute atomic E-state index is 13.1. The van der Waals surface area contributed by atoms with Gasteiger partial charge in [-0.3, -0.25) is 14.1 Å². The average Bonchev–Trinajstić information content (AvgIpc) is 3.35. The number of rotatable bonds is 4. The number of fused-ring (bicyclic) bond motifs is 1. The quantitative estimate of drug-likeness (QED) is 0.418. The van der Waals surface area contributed by atoms with E-state index in [1.807, 2.05) is 0 Å². The second-order valence-electron chi connectivity index (χ2n) is 7.28. The Morgan fingerprint density at radius 3 is 2.62 bits per heavy atom. The largest absolute Gasteiger partial charge is 0.504 e. The number of aromatic hydroxyl groups is 1. The third kappa shape index (κ3) is 3.42. The number of pyridine rings is 2. The Hall–Kier alpha value is -3.32. The summed E-state index contributed by atoms with van der Waals surface area (Å²) >= 11 is 0. The smallest absolute Gasteiger partial charge is 0.270 e. The molecule has 0 unspecified atom stereocenters. The van der Waals surface area contributed by atoms with Crippen LogP contribution in [0.3, 0.4) is 0 Å². The Morgan fingerprint density at radius 2 is 1.91 bits per heavy atom. The molecule has 0 aliphatic carbocycles. The van der Waals surface area contributed by atoms with E-state index in [2.05, 4.69) is 20.2 Å². The number of nitrogens with zero attached hydrogens (tertiary/aromatic N) is 6. The molecule has 1 aliphatic heterocycles. The van der Waals surface area contributed by atoms with Crippen LogP contribution in [0, 0.1) is 5.82 Å². The zero-order valence-corrected chi connectivity index (χ0v) is 17.7. The van der Waals surface area contributed by atoms with Crippen molar-refractivity contribution in [1.82, 2.24) is 24.5 Å². The van der Waals surface area contributed by atoms with E-state index in [-0.39, 0.29) is 46.8 Å². The first-order valence-electron chi connectivity index (χ1n) is 9.66. The van der Waals surface area contributed by atoms with Gasteiger partial charge in [-0.2, -0.15) is 4.31 Å². The second kappa shape index (κ2) is 7.67. The predicted octanol–water partition coefficient (Wildman–Crippen LogP) is 3.45. The molecule has 0 amide bonds. The highest BCUT2D eigenvalue weighted by molar-refractivity contribution is 8.23. The van der Waals surface area contributed by atoms with E-state index in [0.29, 0.717) is 18.5 Å². The first kappa shape index (κ1) is 20.6. The summed E-state index contributed by atoms with van der Waals surface area (Å²) in [5.74, 6) is -0.157. The first-order valence-corrected chi connectivity index (χ1v) is 11.1. The van der Waals surface area contributed by atoms with Crippen molar-refractivity contribution in [2.45, 2.75) is 6.42 Å². The topological polar surface area (TPSA) is 132 Å². The first-order chi connectivity index (χ1) is 15.3. The minimum atomic E-state index is -3.26. The zero-order chi connectivity index (χ0) is 22.5. The van der Waals surface area contributed by atoms with Crippen LogP contribution in [0.4, 0.5) is 10.2 Å². The monoisotopic (exact) mass is 458 g/mol. The van der Waals surface area contributed by atoms with Gasteiger partial charge >= 0.3 is 0 Å². The van der Waals surface area contributed by atoms with Crippen molar-refractivity contribution < 1.29 is 23.0 Å². The van der Waals surface area contributed by atoms with Gasteiger partial charge in [-0.1, -0.05) is 12.1 Å². The van der Waals surface area contributed by atoms with Crippen LogP contribution in [0.15, 0.2) is 47.0 Å². The fourth-order valence-corrected chi connectivity index (χ4v) is 4.87. The van der Waals surface area contributed by atoms with E-state index in [1.54, 1.807) is 31.3 Å². The van der Waals surface area contributed by atoms with Crippen LogP contribution in [0.1, 0.15) is 11.5 Å². The SMILES string of the molecule is CN1CCN(c2nc(-c3nnc(Cc4ccc(F)cc4)o3)c(O)c3ncccc23)S1(O)O. The fourth-order valence-electron chi connectivity index (χ4n) is 3.51. The maximum atomic E-state index is 13.1. The van der Waals surface area contributed by atoms with Crippen LogP contribution in [0.5, 0.6) is 5.75 Å². The molecule has 12 heteroatoms. The predicted molar refractivity (Wildman–Crippen MR) is 117 cm³/mol. The maximum Gasteiger partial charge on any atom is 0.270 e. The van der Waals surface area contributed by atoms with Gasteiger partial charge in [-0.05, 0) is 40.8 Å². The van der Waals surface area contributed by atoms with E-state index in [4.69, 9.17) is 4.42 Å². The molecule has 1 aromatic carbocycles. The van der Waals surface area contributed by atoms with E-state index in [9.17, 15) is 18.6 Å². The number of benzene rings is 1. The average molecular weight is 458 g/mol. The molecule has 0 saturated carbocycles. The number of aromatic nitrogens is 4. The molecule has 5 rings (SSSR count). The van der Waals surface area contributed by atoms with Crippen molar-refractivity contribution in [3.8, 4) is 17.3 Å². The van der Waals surface area contributed by atoms with Crippen LogP contribution in [0.2, 0.25) is 0 Å². The van der Waals surface area contributed by atoms with Gasteiger partial charge in [0.2, 0.25) is 5.89 Å². The number of hydrogen-bond acceptors (Lipinski definition) is 10. The Bertz CT molecular complexity index is 1300. The molecule has 1 saturated heterocycles. The lowest BCUT2D eigenvalue weighted by Crippen LogP contribution is -2.27. The molecule has 0 atom stereocenters. The van der Waals surface area contributed by atoms with Crippen LogP contribution in [-0.2, 0) is 6.42 Å². The molecule has 166 valence electrons. The van der Waals surface area contributed by atoms with E-state index in [1.165, 1.54) is 26.9 Å². The van der Waals surface area contributed by atoms with Crippen LogP contribution in [0.25, 0.3) is 22.5 Å². The van der Waals surface area contributed by atoms with Gasteiger partial charge in [0.05, 0.1) is 13.0 Å². The van der Waals surface area contributed by atoms with Crippen LogP contribution < -0.4 is 4.31 Å². The highest BCUT2D eigenvalue weighted by Crippen LogP contribution is 2.53. The minimum Gasteiger partial charge on any atom is -0.504 e. The summed E-state index contributed by atoms with van der Waals surface area (Å²) in [6.07, 6.45) is 1.78. The lowest BCUT2D eigenvalue weighted by atomic mass is 10.1. The van der Waals surface area contributed by atoms with Gasteiger partial charge in [0.1, 0.15) is 11.3 Å². The molecule has 4 aromatic rings. The summed E-state index contributed by atoms with van der Waals surface area (Å²) < 4.78 is 43.0. The third-order valence-corrected chi connectivity index (χ3v) is 7.19. The Labute approximate surface area is 183 Å². The van der Waals surface area contributed by atoms with Gasteiger partial charge in [0.25, 0.3) is 5.89 Å². The molecule has 0 bridgehead atoms. The van der Waals surface area contributed by atoms with Crippen molar-refractivity contribution >= 4 is 27.7 Å². The molecule has 3 N–H and O–H groups in total. The molecule has 3 aromatic heterocycles.